The van der Waals surface area contributed by atoms with Gasteiger partial charge in [-0.2, -0.15) is 4.98 Å². The first-order valence-electron chi connectivity index (χ1n) is 6.04. The Hall–Kier alpha value is -2.08. The zero-order chi connectivity index (χ0) is 14.3. The Morgan fingerprint density at radius 1 is 1.30 bits per heavy atom. The van der Waals surface area contributed by atoms with E-state index >= 15 is 0 Å². The third-order valence-electron chi connectivity index (χ3n) is 3.12. The van der Waals surface area contributed by atoms with E-state index in [4.69, 9.17) is 10.5 Å². The minimum atomic E-state index is 0.460. The summed E-state index contributed by atoms with van der Waals surface area (Å²) in [6, 6.07) is 5.72. The van der Waals surface area contributed by atoms with Crippen molar-refractivity contribution in [1.29, 1.82) is 0 Å². The van der Waals surface area contributed by atoms with Crippen molar-refractivity contribution in [3.8, 4) is 17.0 Å². The summed E-state index contributed by atoms with van der Waals surface area (Å²) < 4.78 is 8.03. The Balaban J connectivity index is 2.17. The number of benzene rings is 1. The molecule has 1 aromatic carbocycles. The van der Waals surface area contributed by atoms with Crippen LogP contribution in [-0.4, -0.2) is 21.5 Å². The van der Waals surface area contributed by atoms with Gasteiger partial charge in [0, 0.05) is 18.0 Å². The van der Waals surface area contributed by atoms with Crippen molar-refractivity contribution < 1.29 is 4.74 Å². The molecule has 2 heterocycles. The predicted octanol–water partition coefficient (Wildman–Crippen LogP) is 3.06. The average Bonchev–Trinajstić information content (AvgIpc) is 2.83. The molecule has 6 heteroatoms. The van der Waals surface area contributed by atoms with Gasteiger partial charge in [0.2, 0.25) is 5.78 Å². The lowest BCUT2D eigenvalue weighted by Gasteiger charge is -2.08. The van der Waals surface area contributed by atoms with E-state index in [2.05, 4.69) is 25.9 Å². The number of imidazole rings is 1. The van der Waals surface area contributed by atoms with Crippen LogP contribution >= 0.6 is 15.9 Å². The number of halogens is 1. The van der Waals surface area contributed by atoms with Gasteiger partial charge in [0.15, 0.2) is 0 Å². The van der Waals surface area contributed by atoms with Crippen molar-refractivity contribution in [2.45, 2.75) is 6.92 Å². The molecule has 102 valence electrons. The first-order chi connectivity index (χ1) is 9.58. The van der Waals surface area contributed by atoms with Crippen LogP contribution in [0.2, 0.25) is 0 Å². The van der Waals surface area contributed by atoms with Crippen molar-refractivity contribution in [3.63, 3.8) is 0 Å². The van der Waals surface area contributed by atoms with E-state index < -0.39 is 0 Å². The van der Waals surface area contributed by atoms with Gasteiger partial charge in [-0.25, -0.2) is 4.98 Å². The maximum absolute atomic E-state index is 5.68. The van der Waals surface area contributed by atoms with Gasteiger partial charge in [-0.3, -0.25) is 4.40 Å². The average molecular weight is 333 g/mol. The zero-order valence-corrected chi connectivity index (χ0v) is 12.7. The van der Waals surface area contributed by atoms with Gasteiger partial charge in [0.1, 0.15) is 11.6 Å². The molecule has 0 radical (unpaired) electrons. The number of methoxy groups -OCH3 is 1. The molecule has 2 N–H and O–H groups in total. The van der Waals surface area contributed by atoms with Crippen molar-refractivity contribution in [2.75, 3.05) is 12.8 Å². The molecule has 0 aliphatic rings. The molecule has 2 aromatic heterocycles. The second kappa shape index (κ2) is 4.79. The molecule has 0 unspecified atom stereocenters. The summed E-state index contributed by atoms with van der Waals surface area (Å²) in [7, 11) is 1.65. The van der Waals surface area contributed by atoms with Crippen LogP contribution in [0.1, 0.15) is 5.56 Å². The van der Waals surface area contributed by atoms with Gasteiger partial charge in [0.05, 0.1) is 17.3 Å². The number of nitrogen functional groups attached to an aromatic ring is 1. The summed E-state index contributed by atoms with van der Waals surface area (Å²) in [4.78, 5) is 8.71. The van der Waals surface area contributed by atoms with E-state index in [-0.39, 0.29) is 0 Å². The number of nitrogens with zero attached hydrogens (tertiary/aromatic N) is 3. The minimum Gasteiger partial charge on any atom is -0.496 e. The molecule has 0 saturated carbocycles. The summed E-state index contributed by atoms with van der Waals surface area (Å²) in [6.45, 7) is 2.02. The van der Waals surface area contributed by atoms with Gasteiger partial charge >= 0.3 is 0 Å². The lowest BCUT2D eigenvalue weighted by Crippen LogP contribution is -1.93. The summed E-state index contributed by atoms with van der Waals surface area (Å²) in [5, 5.41) is 0. The van der Waals surface area contributed by atoms with Crippen LogP contribution < -0.4 is 10.5 Å². The fourth-order valence-corrected chi connectivity index (χ4v) is 2.61. The molecule has 0 aliphatic heterocycles. The lowest BCUT2D eigenvalue weighted by molar-refractivity contribution is 0.412. The Labute approximate surface area is 124 Å². The van der Waals surface area contributed by atoms with Crippen molar-refractivity contribution in [2.24, 2.45) is 0 Å². The van der Waals surface area contributed by atoms with Gasteiger partial charge in [-0.05, 0) is 46.6 Å². The molecule has 0 spiro atoms. The first kappa shape index (κ1) is 12.9. The largest absolute Gasteiger partial charge is 0.496 e. The normalized spacial score (nSPS) is 10.9. The number of aromatic nitrogens is 3. The summed E-state index contributed by atoms with van der Waals surface area (Å²) >= 11 is 3.50. The molecular formula is C14H13BrN4O. The standard InChI is InChI=1S/C14H13BrN4O/c1-8-5-12(20-2)10(15)6-9(8)11-7-19-4-3-13(16)18-14(19)17-11/h3-7H,1-2H3,(H2,16,17,18). The number of hydrogen-bond donors (Lipinski definition) is 1. The van der Waals surface area contributed by atoms with E-state index in [1.54, 1.807) is 13.2 Å². The van der Waals surface area contributed by atoms with E-state index in [9.17, 15) is 0 Å². The number of aryl methyl sites for hydroxylation is 1. The van der Waals surface area contributed by atoms with E-state index in [0.717, 1.165) is 27.0 Å². The van der Waals surface area contributed by atoms with E-state index in [0.29, 0.717) is 11.6 Å². The number of fused-ring (bicyclic) bond motifs is 1. The molecular weight excluding hydrogens is 320 g/mol. The topological polar surface area (TPSA) is 65.4 Å². The molecule has 0 fully saturated rings. The number of rotatable bonds is 2. The smallest absolute Gasteiger partial charge is 0.236 e. The van der Waals surface area contributed by atoms with Crippen LogP contribution in [0.3, 0.4) is 0 Å². The molecule has 3 aromatic rings. The van der Waals surface area contributed by atoms with Crippen LogP contribution in [-0.2, 0) is 0 Å². The molecule has 5 nitrogen and oxygen atoms in total. The summed E-state index contributed by atoms with van der Waals surface area (Å²) in [5.41, 5.74) is 8.64. The third-order valence-corrected chi connectivity index (χ3v) is 3.74. The predicted molar refractivity (Wildman–Crippen MR) is 81.8 cm³/mol. The Morgan fingerprint density at radius 2 is 2.10 bits per heavy atom. The van der Waals surface area contributed by atoms with Gasteiger partial charge in [-0.15, -0.1) is 0 Å². The second-order valence-electron chi connectivity index (χ2n) is 4.49. The lowest BCUT2D eigenvalue weighted by atomic mass is 10.1. The molecule has 0 bridgehead atoms. The van der Waals surface area contributed by atoms with Crippen LogP contribution in [0.15, 0.2) is 35.1 Å². The van der Waals surface area contributed by atoms with Crippen LogP contribution in [0.25, 0.3) is 17.0 Å². The fraction of sp³-hybridized carbons (Fsp3) is 0.143. The van der Waals surface area contributed by atoms with Gasteiger partial charge in [-0.1, -0.05) is 0 Å². The number of nitrogens with two attached hydrogens (primary N) is 1. The highest BCUT2D eigenvalue weighted by Gasteiger charge is 2.11. The van der Waals surface area contributed by atoms with Crippen molar-refractivity contribution >= 4 is 27.5 Å². The second-order valence-corrected chi connectivity index (χ2v) is 5.34. The highest BCUT2D eigenvalue weighted by Crippen LogP contribution is 2.33. The number of hydrogen-bond acceptors (Lipinski definition) is 4. The maximum atomic E-state index is 5.68. The van der Waals surface area contributed by atoms with E-state index in [1.807, 2.05) is 35.9 Å². The molecule has 0 amide bonds. The third kappa shape index (κ3) is 2.12. The van der Waals surface area contributed by atoms with Crippen LogP contribution in [0.5, 0.6) is 5.75 Å². The number of ether oxygens (including phenoxy) is 1. The SMILES string of the molecule is COc1cc(C)c(-c2cn3ccc(N)nc3n2)cc1Br. The minimum absolute atomic E-state index is 0.460. The van der Waals surface area contributed by atoms with Gasteiger partial charge < -0.3 is 10.5 Å². The van der Waals surface area contributed by atoms with Crippen LogP contribution in [0, 0.1) is 6.92 Å². The zero-order valence-electron chi connectivity index (χ0n) is 11.1. The maximum Gasteiger partial charge on any atom is 0.236 e. The summed E-state index contributed by atoms with van der Waals surface area (Å²) in [6.07, 6.45) is 3.78. The Morgan fingerprint density at radius 3 is 2.85 bits per heavy atom. The monoisotopic (exact) mass is 332 g/mol. The quantitative estimate of drug-likeness (QED) is 0.783. The number of anilines is 1. The Kier molecular flexibility index (Phi) is 3.10. The molecule has 0 saturated heterocycles. The Bertz CT molecular complexity index is 797. The fourth-order valence-electron chi connectivity index (χ4n) is 2.10. The van der Waals surface area contributed by atoms with Crippen molar-refractivity contribution in [1.82, 2.24) is 14.4 Å². The van der Waals surface area contributed by atoms with Crippen LogP contribution in [0.4, 0.5) is 5.82 Å². The highest BCUT2D eigenvalue weighted by molar-refractivity contribution is 9.10. The van der Waals surface area contributed by atoms with Crippen molar-refractivity contribution in [3.05, 3.63) is 40.6 Å². The molecule has 0 atom stereocenters. The first-order valence-corrected chi connectivity index (χ1v) is 6.83. The summed E-state index contributed by atoms with van der Waals surface area (Å²) in [5.74, 6) is 1.85. The molecule has 20 heavy (non-hydrogen) atoms. The molecule has 0 aliphatic carbocycles. The highest BCUT2D eigenvalue weighted by atomic mass is 79.9. The van der Waals surface area contributed by atoms with E-state index in [1.165, 1.54) is 0 Å². The van der Waals surface area contributed by atoms with Gasteiger partial charge in [0.25, 0.3) is 0 Å². The molecule has 3 rings (SSSR count).